The Hall–Kier alpha value is -3.81. The predicted octanol–water partition coefficient (Wildman–Crippen LogP) is 2.65. The van der Waals surface area contributed by atoms with Crippen LogP contribution in [0.25, 0.3) is 22.2 Å². The molecule has 0 radical (unpaired) electrons. The van der Waals surface area contributed by atoms with Crippen molar-refractivity contribution in [3.05, 3.63) is 60.4 Å². The summed E-state index contributed by atoms with van der Waals surface area (Å²) in [4.78, 5) is 16.1. The fourth-order valence-electron chi connectivity index (χ4n) is 3.18. The number of fused-ring (bicyclic) bond motifs is 1. The SMILES string of the molecule is C=CC(=O)NCc1cc(-c2ccc(OC(F)(F)F)cc2)c2ncn(C)c2c1C#C[C@@H](O)CO. The lowest BCUT2D eigenvalue weighted by atomic mass is 9.96. The predicted molar refractivity (Wildman–Crippen MR) is 115 cm³/mol. The number of aliphatic hydroxyl groups is 2. The number of hydrogen-bond acceptors (Lipinski definition) is 5. The average molecular weight is 459 g/mol. The standard InChI is InChI=1S/C23H20F3N3O4/c1-3-20(32)27-11-15-10-19(14-4-7-17(8-5-14)33-23(24,25)26)21-22(29(2)13-28-21)18(15)9-6-16(31)12-30/h3-5,7-8,10,13,16,30-31H,1,11-12H2,2H3,(H,27,32)/t16-/m1/s1. The maximum atomic E-state index is 12.5. The summed E-state index contributed by atoms with van der Waals surface area (Å²) in [6.45, 7) is 2.93. The summed E-state index contributed by atoms with van der Waals surface area (Å²) in [6.07, 6.45) is -3.39. The van der Waals surface area contributed by atoms with Gasteiger partial charge in [-0.1, -0.05) is 30.6 Å². The highest BCUT2D eigenvalue weighted by Crippen LogP contribution is 2.34. The molecular weight excluding hydrogens is 439 g/mol. The lowest BCUT2D eigenvalue weighted by Crippen LogP contribution is -2.21. The number of aliphatic hydroxyl groups excluding tert-OH is 2. The minimum atomic E-state index is -4.80. The highest BCUT2D eigenvalue weighted by Gasteiger charge is 2.31. The quantitative estimate of drug-likeness (QED) is 0.389. The normalized spacial score (nSPS) is 12.1. The Morgan fingerprint density at radius 3 is 2.67 bits per heavy atom. The Morgan fingerprint density at radius 1 is 1.36 bits per heavy atom. The number of amides is 1. The molecule has 1 amide bonds. The van der Waals surface area contributed by atoms with Crippen molar-refractivity contribution < 1.29 is 32.9 Å². The molecule has 172 valence electrons. The van der Waals surface area contributed by atoms with E-state index in [1.54, 1.807) is 24.0 Å². The van der Waals surface area contributed by atoms with Crippen molar-refractivity contribution in [3.8, 4) is 28.7 Å². The number of aryl methyl sites for hydroxylation is 1. The van der Waals surface area contributed by atoms with Gasteiger partial charge in [-0.15, -0.1) is 13.2 Å². The topological polar surface area (TPSA) is 96.6 Å². The van der Waals surface area contributed by atoms with Gasteiger partial charge in [0.1, 0.15) is 11.9 Å². The number of imidazole rings is 1. The van der Waals surface area contributed by atoms with Crippen LogP contribution in [0.4, 0.5) is 13.2 Å². The third-order valence-electron chi connectivity index (χ3n) is 4.64. The van der Waals surface area contributed by atoms with E-state index < -0.39 is 25.0 Å². The van der Waals surface area contributed by atoms with Crippen LogP contribution in [0.2, 0.25) is 0 Å². The number of carbonyl (C=O) groups is 1. The number of carbonyl (C=O) groups excluding carboxylic acids is 1. The molecule has 3 aromatic rings. The van der Waals surface area contributed by atoms with E-state index in [1.807, 2.05) is 0 Å². The molecule has 0 saturated heterocycles. The van der Waals surface area contributed by atoms with Gasteiger partial charge in [0, 0.05) is 19.2 Å². The van der Waals surface area contributed by atoms with E-state index in [1.165, 1.54) is 24.3 Å². The Balaban J connectivity index is 2.17. The van der Waals surface area contributed by atoms with Crippen LogP contribution in [-0.2, 0) is 18.4 Å². The van der Waals surface area contributed by atoms with E-state index in [0.717, 1.165) is 6.08 Å². The molecule has 10 heteroatoms. The molecule has 1 atom stereocenters. The third-order valence-corrected chi connectivity index (χ3v) is 4.64. The van der Waals surface area contributed by atoms with Crippen LogP contribution in [0.1, 0.15) is 11.1 Å². The number of hydrogen-bond donors (Lipinski definition) is 3. The first-order valence-electron chi connectivity index (χ1n) is 9.66. The van der Waals surface area contributed by atoms with E-state index in [0.29, 0.717) is 33.3 Å². The highest BCUT2D eigenvalue weighted by molar-refractivity contribution is 5.97. The van der Waals surface area contributed by atoms with Crippen molar-refractivity contribution in [1.82, 2.24) is 14.9 Å². The van der Waals surface area contributed by atoms with Crippen molar-refractivity contribution in [3.63, 3.8) is 0 Å². The summed E-state index contributed by atoms with van der Waals surface area (Å²) in [5, 5.41) is 21.4. The highest BCUT2D eigenvalue weighted by atomic mass is 19.4. The Morgan fingerprint density at radius 2 is 2.06 bits per heavy atom. The summed E-state index contributed by atoms with van der Waals surface area (Å²) in [5.41, 5.74) is 3.32. The van der Waals surface area contributed by atoms with Crippen LogP contribution >= 0.6 is 0 Å². The molecule has 0 spiro atoms. The van der Waals surface area contributed by atoms with Gasteiger partial charge in [-0.2, -0.15) is 0 Å². The smallest absolute Gasteiger partial charge is 0.406 e. The minimum Gasteiger partial charge on any atom is -0.406 e. The van der Waals surface area contributed by atoms with Crippen molar-refractivity contribution in [2.24, 2.45) is 7.05 Å². The van der Waals surface area contributed by atoms with E-state index in [-0.39, 0.29) is 12.3 Å². The van der Waals surface area contributed by atoms with Gasteiger partial charge in [0.05, 0.1) is 29.5 Å². The fraction of sp³-hybridized carbons (Fsp3) is 0.217. The first-order valence-corrected chi connectivity index (χ1v) is 9.66. The molecular formula is C23H20F3N3O4. The first-order chi connectivity index (χ1) is 15.6. The molecule has 0 aliphatic heterocycles. The molecule has 1 heterocycles. The molecule has 0 aliphatic rings. The maximum absolute atomic E-state index is 12.5. The molecule has 3 rings (SSSR count). The van der Waals surface area contributed by atoms with Gasteiger partial charge in [0.15, 0.2) is 0 Å². The zero-order valence-corrected chi connectivity index (χ0v) is 17.5. The van der Waals surface area contributed by atoms with E-state index >= 15 is 0 Å². The van der Waals surface area contributed by atoms with Crippen molar-refractivity contribution >= 4 is 16.9 Å². The number of rotatable bonds is 6. The zero-order valence-electron chi connectivity index (χ0n) is 17.5. The van der Waals surface area contributed by atoms with E-state index in [2.05, 4.69) is 33.5 Å². The minimum absolute atomic E-state index is 0.0630. The summed E-state index contributed by atoms with van der Waals surface area (Å²) < 4.78 is 43.1. The number of halogens is 3. The van der Waals surface area contributed by atoms with Crippen LogP contribution in [0.5, 0.6) is 5.75 Å². The van der Waals surface area contributed by atoms with Crippen LogP contribution in [0.3, 0.4) is 0 Å². The summed E-state index contributed by atoms with van der Waals surface area (Å²) >= 11 is 0. The summed E-state index contributed by atoms with van der Waals surface area (Å²) in [5.74, 6) is 4.62. The molecule has 0 aliphatic carbocycles. The number of alkyl halides is 3. The van der Waals surface area contributed by atoms with Gasteiger partial charge < -0.3 is 24.8 Å². The van der Waals surface area contributed by atoms with Gasteiger partial charge in [-0.05, 0) is 35.4 Å². The molecule has 1 aromatic heterocycles. The van der Waals surface area contributed by atoms with Crippen LogP contribution in [0.15, 0.2) is 49.3 Å². The Labute approximate surface area is 187 Å². The number of ether oxygens (including phenoxy) is 1. The van der Waals surface area contributed by atoms with Gasteiger partial charge in [-0.3, -0.25) is 4.79 Å². The van der Waals surface area contributed by atoms with Gasteiger partial charge in [0.2, 0.25) is 5.91 Å². The van der Waals surface area contributed by atoms with Gasteiger partial charge >= 0.3 is 6.36 Å². The third kappa shape index (κ3) is 5.71. The van der Waals surface area contributed by atoms with Crippen molar-refractivity contribution in [1.29, 1.82) is 0 Å². The van der Waals surface area contributed by atoms with Crippen molar-refractivity contribution in [2.45, 2.75) is 19.0 Å². The first kappa shape index (κ1) is 23.8. The zero-order chi connectivity index (χ0) is 24.2. The summed E-state index contributed by atoms with van der Waals surface area (Å²) in [6, 6.07) is 7.05. The molecule has 33 heavy (non-hydrogen) atoms. The molecule has 3 N–H and O–H groups in total. The largest absolute Gasteiger partial charge is 0.573 e. The lowest BCUT2D eigenvalue weighted by molar-refractivity contribution is -0.274. The van der Waals surface area contributed by atoms with E-state index in [4.69, 9.17) is 5.11 Å². The second-order valence-electron chi connectivity index (χ2n) is 6.97. The number of nitrogens with zero attached hydrogens (tertiary/aromatic N) is 2. The molecule has 0 saturated carbocycles. The monoisotopic (exact) mass is 459 g/mol. The van der Waals surface area contributed by atoms with Crippen LogP contribution in [0, 0.1) is 11.8 Å². The Bertz CT molecular complexity index is 1240. The average Bonchev–Trinajstić information content (AvgIpc) is 3.16. The van der Waals surface area contributed by atoms with Crippen LogP contribution in [-0.4, -0.2) is 44.7 Å². The molecule has 0 unspecified atom stereocenters. The molecule has 2 aromatic carbocycles. The van der Waals surface area contributed by atoms with Crippen LogP contribution < -0.4 is 10.1 Å². The number of nitrogens with one attached hydrogen (secondary N) is 1. The second kappa shape index (κ2) is 9.77. The maximum Gasteiger partial charge on any atom is 0.573 e. The number of aromatic nitrogens is 2. The Kier molecular flexibility index (Phi) is 7.06. The second-order valence-corrected chi connectivity index (χ2v) is 6.97. The van der Waals surface area contributed by atoms with Gasteiger partial charge in [0.25, 0.3) is 0 Å². The molecule has 7 nitrogen and oxygen atoms in total. The lowest BCUT2D eigenvalue weighted by Gasteiger charge is -2.14. The van der Waals surface area contributed by atoms with Gasteiger partial charge in [-0.25, -0.2) is 4.98 Å². The fourth-order valence-corrected chi connectivity index (χ4v) is 3.18. The molecule has 0 fully saturated rings. The van der Waals surface area contributed by atoms with E-state index in [9.17, 15) is 23.1 Å². The molecule has 0 bridgehead atoms. The summed E-state index contributed by atoms with van der Waals surface area (Å²) in [7, 11) is 1.74. The van der Waals surface area contributed by atoms with Crippen molar-refractivity contribution in [2.75, 3.05) is 6.61 Å². The number of benzene rings is 2.